The molecule has 0 bridgehead atoms. The molecule has 0 aromatic carbocycles. The highest BCUT2D eigenvalue weighted by atomic mass is 16.4. The number of likely N-dealkylation sites (tertiary alicyclic amines) is 1. The van der Waals surface area contributed by atoms with Gasteiger partial charge in [0.15, 0.2) is 0 Å². The first-order valence-electron chi connectivity index (χ1n) is 5.22. The van der Waals surface area contributed by atoms with Crippen LogP contribution in [0.1, 0.15) is 16.9 Å². The first kappa shape index (κ1) is 11.5. The number of hydrogen-bond acceptors (Lipinski definition) is 4. The van der Waals surface area contributed by atoms with Crippen molar-refractivity contribution in [2.75, 3.05) is 6.54 Å². The number of nitrogens with zero attached hydrogens (tertiary/aromatic N) is 2. The van der Waals surface area contributed by atoms with Gasteiger partial charge in [-0.15, -0.1) is 0 Å². The minimum atomic E-state index is -1.11. The molecule has 1 aliphatic heterocycles. The van der Waals surface area contributed by atoms with Crippen molar-refractivity contribution in [1.82, 2.24) is 9.88 Å². The number of hydrogen-bond donors (Lipinski definition) is 2. The van der Waals surface area contributed by atoms with Gasteiger partial charge in [-0.05, 0) is 12.1 Å². The maximum atomic E-state index is 12.0. The maximum absolute atomic E-state index is 12.0. The van der Waals surface area contributed by atoms with E-state index in [4.69, 9.17) is 5.11 Å². The quantitative estimate of drug-likeness (QED) is 0.738. The molecule has 17 heavy (non-hydrogen) atoms. The number of β-amino-alcohol motifs (C(OH)–C–C–N with tert-alkyl or cyclic N) is 1. The van der Waals surface area contributed by atoms with E-state index in [1.807, 2.05) is 0 Å². The van der Waals surface area contributed by atoms with Gasteiger partial charge in [0.2, 0.25) is 0 Å². The van der Waals surface area contributed by atoms with Gasteiger partial charge in [-0.2, -0.15) is 0 Å². The fourth-order valence-corrected chi connectivity index (χ4v) is 1.91. The second-order valence-corrected chi connectivity index (χ2v) is 3.92. The Morgan fingerprint density at radius 3 is 2.76 bits per heavy atom. The van der Waals surface area contributed by atoms with Crippen molar-refractivity contribution in [2.24, 2.45) is 0 Å². The maximum Gasteiger partial charge on any atom is 0.326 e. The number of carboxylic acids is 1. The number of carbonyl (C=O) groups is 2. The third-order valence-electron chi connectivity index (χ3n) is 2.71. The van der Waals surface area contributed by atoms with Crippen molar-refractivity contribution >= 4 is 11.9 Å². The van der Waals surface area contributed by atoms with Crippen molar-refractivity contribution in [2.45, 2.75) is 18.6 Å². The molecule has 1 fully saturated rings. The number of rotatable bonds is 2. The van der Waals surface area contributed by atoms with Crippen molar-refractivity contribution in [3.05, 3.63) is 30.1 Å². The van der Waals surface area contributed by atoms with Crippen LogP contribution in [0.3, 0.4) is 0 Å². The Bertz CT molecular complexity index is 434. The van der Waals surface area contributed by atoms with E-state index in [1.54, 1.807) is 12.1 Å². The van der Waals surface area contributed by atoms with Crippen LogP contribution in [0.5, 0.6) is 0 Å². The van der Waals surface area contributed by atoms with Crippen LogP contribution in [0.4, 0.5) is 0 Å². The molecular weight excluding hydrogens is 224 g/mol. The lowest BCUT2D eigenvalue weighted by Gasteiger charge is -2.20. The summed E-state index contributed by atoms with van der Waals surface area (Å²) in [7, 11) is 0. The summed E-state index contributed by atoms with van der Waals surface area (Å²) in [4.78, 5) is 28.0. The van der Waals surface area contributed by atoms with Crippen LogP contribution in [0.2, 0.25) is 0 Å². The number of aliphatic hydroxyl groups is 1. The second-order valence-electron chi connectivity index (χ2n) is 3.92. The molecule has 1 aromatic rings. The van der Waals surface area contributed by atoms with E-state index in [0.717, 1.165) is 4.90 Å². The van der Waals surface area contributed by atoms with Crippen molar-refractivity contribution in [1.29, 1.82) is 0 Å². The summed E-state index contributed by atoms with van der Waals surface area (Å²) in [5.74, 6) is -1.57. The first-order valence-corrected chi connectivity index (χ1v) is 5.22. The normalized spacial score (nSPS) is 23.7. The third kappa shape index (κ3) is 2.26. The molecule has 1 aliphatic rings. The van der Waals surface area contributed by atoms with Crippen LogP contribution in [0, 0.1) is 0 Å². The Kier molecular flexibility index (Phi) is 3.06. The molecule has 6 heteroatoms. The van der Waals surface area contributed by atoms with Gasteiger partial charge in [0.1, 0.15) is 11.7 Å². The zero-order valence-electron chi connectivity index (χ0n) is 8.98. The van der Waals surface area contributed by atoms with Gasteiger partial charge in [0.05, 0.1) is 6.10 Å². The highest BCUT2D eigenvalue weighted by Gasteiger charge is 2.39. The molecule has 2 N–H and O–H groups in total. The highest BCUT2D eigenvalue weighted by Crippen LogP contribution is 2.20. The van der Waals surface area contributed by atoms with E-state index in [9.17, 15) is 14.7 Å². The molecule has 0 unspecified atom stereocenters. The summed E-state index contributed by atoms with van der Waals surface area (Å²) in [5, 5.41) is 18.4. The van der Waals surface area contributed by atoms with E-state index in [-0.39, 0.29) is 18.7 Å². The summed E-state index contributed by atoms with van der Waals surface area (Å²) >= 11 is 0. The Labute approximate surface area is 97.5 Å². The monoisotopic (exact) mass is 236 g/mol. The van der Waals surface area contributed by atoms with Crippen LogP contribution in [-0.4, -0.2) is 50.7 Å². The predicted octanol–water partition coefficient (Wildman–Crippen LogP) is -0.258. The van der Waals surface area contributed by atoms with Gasteiger partial charge in [0.25, 0.3) is 5.91 Å². The van der Waals surface area contributed by atoms with Gasteiger partial charge < -0.3 is 15.1 Å². The summed E-state index contributed by atoms with van der Waals surface area (Å²) < 4.78 is 0. The van der Waals surface area contributed by atoms with Gasteiger partial charge in [0, 0.05) is 19.2 Å². The van der Waals surface area contributed by atoms with Crippen molar-refractivity contribution in [3.63, 3.8) is 0 Å². The average Bonchev–Trinajstić information content (AvgIpc) is 2.72. The van der Waals surface area contributed by atoms with Crippen LogP contribution in [0.25, 0.3) is 0 Å². The molecule has 2 heterocycles. The molecular formula is C11H12N2O4. The number of aromatic nitrogens is 1. The van der Waals surface area contributed by atoms with E-state index >= 15 is 0 Å². The molecule has 1 saturated heterocycles. The lowest BCUT2D eigenvalue weighted by molar-refractivity contribution is -0.141. The molecule has 6 nitrogen and oxygen atoms in total. The summed E-state index contributed by atoms with van der Waals surface area (Å²) in [6.45, 7) is 0.0341. The van der Waals surface area contributed by atoms with Crippen LogP contribution in [0.15, 0.2) is 24.4 Å². The minimum absolute atomic E-state index is 0.0341. The molecule has 2 atom stereocenters. The van der Waals surface area contributed by atoms with Gasteiger partial charge in [-0.1, -0.05) is 6.07 Å². The zero-order chi connectivity index (χ0) is 12.4. The van der Waals surface area contributed by atoms with E-state index in [1.165, 1.54) is 12.3 Å². The summed E-state index contributed by atoms with van der Waals surface area (Å²) in [5.41, 5.74) is 0.188. The van der Waals surface area contributed by atoms with Crippen LogP contribution < -0.4 is 0 Å². The van der Waals surface area contributed by atoms with E-state index in [2.05, 4.69) is 4.98 Å². The number of pyridine rings is 1. The van der Waals surface area contributed by atoms with E-state index < -0.39 is 24.0 Å². The molecule has 0 radical (unpaired) electrons. The number of amides is 1. The number of aliphatic carboxylic acids is 1. The average molecular weight is 236 g/mol. The fourth-order valence-electron chi connectivity index (χ4n) is 1.91. The summed E-state index contributed by atoms with van der Waals surface area (Å²) in [6, 6.07) is 3.87. The molecule has 1 amide bonds. The predicted molar refractivity (Wildman–Crippen MR) is 57.3 cm³/mol. The summed E-state index contributed by atoms with van der Waals surface area (Å²) in [6.07, 6.45) is 0.743. The van der Waals surface area contributed by atoms with Crippen LogP contribution >= 0.6 is 0 Å². The molecule has 1 aromatic heterocycles. The standard InChI is InChI=1S/C11H12N2O4/c14-7-5-9(11(16)17)13(6-7)10(15)8-3-1-2-4-12-8/h1-4,7,9,14H,5-6H2,(H,16,17)/t7-,9-/m1/s1. The molecule has 2 rings (SSSR count). The smallest absolute Gasteiger partial charge is 0.326 e. The lowest BCUT2D eigenvalue weighted by Crippen LogP contribution is -2.40. The number of carboxylic acid groups (broad SMARTS) is 1. The minimum Gasteiger partial charge on any atom is -0.480 e. The Hall–Kier alpha value is -1.95. The topological polar surface area (TPSA) is 90.7 Å². The first-order chi connectivity index (χ1) is 8.09. The molecule has 0 spiro atoms. The van der Waals surface area contributed by atoms with E-state index in [0.29, 0.717) is 0 Å². The number of aliphatic hydroxyl groups excluding tert-OH is 1. The lowest BCUT2D eigenvalue weighted by atomic mass is 10.2. The Balaban J connectivity index is 2.22. The Morgan fingerprint density at radius 1 is 1.41 bits per heavy atom. The number of carbonyl (C=O) groups excluding carboxylic acids is 1. The second kappa shape index (κ2) is 4.50. The Morgan fingerprint density at radius 2 is 2.18 bits per heavy atom. The molecule has 0 aliphatic carbocycles. The molecule has 90 valence electrons. The SMILES string of the molecule is O=C(O)[C@H]1C[C@@H](O)CN1C(=O)c1ccccn1. The van der Waals surface area contributed by atoms with Gasteiger partial charge >= 0.3 is 5.97 Å². The van der Waals surface area contributed by atoms with Crippen molar-refractivity contribution in [3.8, 4) is 0 Å². The van der Waals surface area contributed by atoms with Crippen LogP contribution in [-0.2, 0) is 4.79 Å². The van der Waals surface area contributed by atoms with Crippen molar-refractivity contribution < 1.29 is 19.8 Å². The zero-order valence-corrected chi connectivity index (χ0v) is 8.98. The third-order valence-corrected chi connectivity index (χ3v) is 2.71. The highest BCUT2D eigenvalue weighted by molar-refractivity contribution is 5.95. The van der Waals surface area contributed by atoms with Gasteiger partial charge in [-0.25, -0.2) is 4.79 Å². The van der Waals surface area contributed by atoms with Gasteiger partial charge in [-0.3, -0.25) is 9.78 Å². The largest absolute Gasteiger partial charge is 0.480 e. The molecule has 0 saturated carbocycles. The fraction of sp³-hybridized carbons (Fsp3) is 0.364.